The Balaban J connectivity index is 1.80. The van der Waals surface area contributed by atoms with Gasteiger partial charge in [0.25, 0.3) is 5.91 Å². The molecule has 2 aromatic rings. The average molecular weight is 429 g/mol. The number of carbonyl (C=O) groups is 2. The van der Waals surface area contributed by atoms with Crippen LogP contribution in [-0.4, -0.2) is 35.1 Å². The van der Waals surface area contributed by atoms with E-state index in [1.54, 1.807) is 40.9 Å². The van der Waals surface area contributed by atoms with E-state index in [-0.39, 0.29) is 23.0 Å². The SMILES string of the molecule is CCCCCCNC(=O)[C@@H]1CS[C@H](c2ccc(F)cc2)N1C(=O)c1ccc(C)cc1. The maximum atomic E-state index is 13.4. The first-order chi connectivity index (χ1) is 14.5. The average Bonchev–Trinajstić information content (AvgIpc) is 3.19. The highest BCUT2D eigenvalue weighted by molar-refractivity contribution is 7.99. The minimum Gasteiger partial charge on any atom is -0.354 e. The fourth-order valence-corrected chi connectivity index (χ4v) is 5.00. The summed E-state index contributed by atoms with van der Waals surface area (Å²) in [5.41, 5.74) is 2.44. The van der Waals surface area contributed by atoms with Crippen molar-refractivity contribution in [3.63, 3.8) is 0 Å². The summed E-state index contributed by atoms with van der Waals surface area (Å²) in [7, 11) is 0. The zero-order valence-electron chi connectivity index (χ0n) is 17.6. The lowest BCUT2D eigenvalue weighted by Crippen LogP contribution is -2.48. The second kappa shape index (κ2) is 10.6. The Hall–Kier alpha value is -2.34. The van der Waals surface area contributed by atoms with Gasteiger partial charge in [-0.15, -0.1) is 11.8 Å². The van der Waals surface area contributed by atoms with E-state index in [4.69, 9.17) is 0 Å². The fourth-order valence-electron chi connectivity index (χ4n) is 3.57. The van der Waals surface area contributed by atoms with Crippen LogP contribution in [0.15, 0.2) is 48.5 Å². The molecule has 1 N–H and O–H groups in total. The number of carbonyl (C=O) groups excluding carboxylic acids is 2. The summed E-state index contributed by atoms with van der Waals surface area (Å²) < 4.78 is 13.4. The predicted molar refractivity (Wildman–Crippen MR) is 120 cm³/mol. The topological polar surface area (TPSA) is 49.4 Å². The molecule has 0 unspecified atom stereocenters. The molecule has 2 atom stereocenters. The van der Waals surface area contributed by atoms with Gasteiger partial charge >= 0.3 is 0 Å². The number of nitrogens with zero attached hydrogens (tertiary/aromatic N) is 1. The fraction of sp³-hybridized carbons (Fsp3) is 0.417. The molecule has 4 nitrogen and oxygen atoms in total. The number of hydrogen-bond donors (Lipinski definition) is 1. The Bertz CT molecular complexity index is 855. The van der Waals surface area contributed by atoms with Gasteiger partial charge in [-0.2, -0.15) is 0 Å². The number of unbranched alkanes of at least 4 members (excludes halogenated alkanes) is 3. The third-order valence-corrected chi connectivity index (χ3v) is 6.64. The predicted octanol–water partition coefficient (Wildman–Crippen LogP) is 5.09. The molecule has 160 valence electrons. The highest BCUT2D eigenvalue weighted by atomic mass is 32.2. The van der Waals surface area contributed by atoms with Crippen LogP contribution >= 0.6 is 11.8 Å². The molecule has 0 aliphatic carbocycles. The standard InChI is InChI=1S/C24H29FN2O2S/c1-3-4-5-6-15-26-22(28)21-16-30-24(19-11-13-20(25)14-12-19)27(21)23(29)18-9-7-17(2)8-10-18/h7-14,21,24H,3-6,15-16H2,1-2H3,(H,26,28)/t21-,24+/m0/s1. The number of hydrogen-bond acceptors (Lipinski definition) is 3. The molecule has 1 aliphatic heterocycles. The van der Waals surface area contributed by atoms with Crippen molar-refractivity contribution in [2.45, 2.75) is 50.9 Å². The van der Waals surface area contributed by atoms with Gasteiger partial charge in [-0.05, 0) is 43.2 Å². The van der Waals surface area contributed by atoms with Crippen LogP contribution < -0.4 is 5.32 Å². The van der Waals surface area contributed by atoms with Crippen LogP contribution in [0.2, 0.25) is 0 Å². The van der Waals surface area contributed by atoms with Crippen molar-refractivity contribution in [2.75, 3.05) is 12.3 Å². The second-order valence-corrected chi connectivity index (χ2v) is 8.80. The molecule has 0 radical (unpaired) electrons. The van der Waals surface area contributed by atoms with Gasteiger partial charge < -0.3 is 10.2 Å². The minimum atomic E-state index is -0.551. The molecule has 0 bridgehead atoms. The van der Waals surface area contributed by atoms with Gasteiger partial charge in [0.05, 0.1) is 0 Å². The van der Waals surface area contributed by atoms with Gasteiger partial charge in [-0.25, -0.2) is 4.39 Å². The number of nitrogens with one attached hydrogen (secondary N) is 1. The van der Waals surface area contributed by atoms with Crippen molar-refractivity contribution < 1.29 is 14.0 Å². The first kappa shape index (κ1) is 22.3. The Morgan fingerprint density at radius 2 is 1.77 bits per heavy atom. The van der Waals surface area contributed by atoms with Crippen LogP contribution in [0.25, 0.3) is 0 Å². The second-order valence-electron chi connectivity index (χ2n) is 7.68. The van der Waals surface area contributed by atoms with E-state index in [1.165, 1.54) is 12.1 Å². The van der Waals surface area contributed by atoms with Crippen molar-refractivity contribution in [1.29, 1.82) is 0 Å². The number of rotatable bonds is 8. The van der Waals surface area contributed by atoms with Gasteiger partial charge in [-0.1, -0.05) is 56.0 Å². The van der Waals surface area contributed by atoms with E-state index in [0.717, 1.165) is 36.8 Å². The van der Waals surface area contributed by atoms with E-state index in [0.29, 0.717) is 17.9 Å². The van der Waals surface area contributed by atoms with Gasteiger partial charge in [0.15, 0.2) is 0 Å². The molecule has 1 aliphatic rings. The Labute approximate surface area is 182 Å². The number of thioether (sulfide) groups is 1. The Morgan fingerprint density at radius 1 is 1.07 bits per heavy atom. The molecule has 1 saturated heterocycles. The summed E-state index contributed by atoms with van der Waals surface area (Å²) >= 11 is 1.54. The molecule has 1 fully saturated rings. The number of halogens is 1. The first-order valence-electron chi connectivity index (χ1n) is 10.6. The van der Waals surface area contributed by atoms with Crippen LogP contribution in [0.5, 0.6) is 0 Å². The summed E-state index contributed by atoms with van der Waals surface area (Å²) in [6.07, 6.45) is 4.32. The zero-order valence-corrected chi connectivity index (χ0v) is 18.4. The molecule has 6 heteroatoms. The number of amides is 2. The third-order valence-electron chi connectivity index (χ3n) is 5.32. The third kappa shape index (κ3) is 5.42. The molecule has 0 aromatic heterocycles. The normalized spacial score (nSPS) is 18.4. The Morgan fingerprint density at radius 3 is 2.43 bits per heavy atom. The highest BCUT2D eigenvalue weighted by Gasteiger charge is 2.42. The van der Waals surface area contributed by atoms with E-state index in [1.807, 2.05) is 19.1 Å². The van der Waals surface area contributed by atoms with Gasteiger partial charge in [0.2, 0.25) is 5.91 Å². The Kier molecular flexibility index (Phi) is 7.91. The molecular formula is C24H29FN2O2S. The number of benzene rings is 2. The molecule has 3 rings (SSSR count). The van der Waals surface area contributed by atoms with Crippen molar-refractivity contribution >= 4 is 23.6 Å². The monoisotopic (exact) mass is 428 g/mol. The lowest BCUT2D eigenvalue weighted by atomic mass is 10.1. The maximum absolute atomic E-state index is 13.4. The van der Waals surface area contributed by atoms with E-state index in [2.05, 4.69) is 12.2 Å². The minimum absolute atomic E-state index is 0.121. The molecule has 1 heterocycles. The highest BCUT2D eigenvalue weighted by Crippen LogP contribution is 2.42. The lowest BCUT2D eigenvalue weighted by Gasteiger charge is -2.29. The van der Waals surface area contributed by atoms with Crippen LogP contribution in [-0.2, 0) is 4.79 Å². The summed E-state index contributed by atoms with van der Waals surface area (Å²) in [5, 5.41) is 2.68. The largest absolute Gasteiger partial charge is 0.354 e. The van der Waals surface area contributed by atoms with Gasteiger partial charge in [-0.3, -0.25) is 9.59 Å². The summed E-state index contributed by atoms with van der Waals surface area (Å²) in [5.74, 6) is -0.107. The van der Waals surface area contributed by atoms with Gasteiger partial charge in [0.1, 0.15) is 17.2 Å². The van der Waals surface area contributed by atoms with E-state index < -0.39 is 6.04 Å². The van der Waals surface area contributed by atoms with Crippen molar-refractivity contribution in [3.05, 3.63) is 71.0 Å². The van der Waals surface area contributed by atoms with Crippen molar-refractivity contribution in [3.8, 4) is 0 Å². The molecule has 0 saturated carbocycles. The van der Waals surface area contributed by atoms with Crippen LogP contribution in [0, 0.1) is 12.7 Å². The van der Waals surface area contributed by atoms with Crippen molar-refractivity contribution in [2.24, 2.45) is 0 Å². The van der Waals surface area contributed by atoms with Crippen LogP contribution in [0.4, 0.5) is 4.39 Å². The summed E-state index contributed by atoms with van der Waals surface area (Å²) in [6.45, 7) is 4.74. The zero-order chi connectivity index (χ0) is 21.5. The summed E-state index contributed by atoms with van der Waals surface area (Å²) in [4.78, 5) is 28.0. The van der Waals surface area contributed by atoms with Crippen molar-refractivity contribution in [1.82, 2.24) is 10.2 Å². The lowest BCUT2D eigenvalue weighted by molar-refractivity contribution is -0.124. The van der Waals surface area contributed by atoms with Crippen LogP contribution in [0.1, 0.15) is 59.5 Å². The van der Waals surface area contributed by atoms with Gasteiger partial charge in [0, 0.05) is 17.9 Å². The molecule has 2 amide bonds. The quantitative estimate of drug-likeness (QED) is 0.596. The van der Waals surface area contributed by atoms with Crippen LogP contribution in [0.3, 0.4) is 0 Å². The smallest absolute Gasteiger partial charge is 0.255 e. The molecular weight excluding hydrogens is 399 g/mol. The number of aryl methyl sites for hydroxylation is 1. The maximum Gasteiger partial charge on any atom is 0.255 e. The first-order valence-corrected chi connectivity index (χ1v) is 11.6. The summed E-state index contributed by atoms with van der Waals surface area (Å²) in [6, 6.07) is 13.0. The molecule has 30 heavy (non-hydrogen) atoms. The van der Waals surface area contributed by atoms with E-state index >= 15 is 0 Å². The van der Waals surface area contributed by atoms with E-state index in [9.17, 15) is 14.0 Å². The molecule has 0 spiro atoms. The molecule has 2 aromatic carbocycles.